The summed E-state index contributed by atoms with van der Waals surface area (Å²) in [6.07, 6.45) is -8.63. The van der Waals surface area contributed by atoms with E-state index in [0.717, 1.165) is 0 Å². The Kier molecular flexibility index (Phi) is 7.73. The molecule has 5 aliphatic heterocycles. The third-order valence-corrected chi connectivity index (χ3v) is 7.98. The van der Waals surface area contributed by atoms with Crippen molar-refractivity contribution in [2.24, 2.45) is 5.11 Å². The topological polar surface area (TPSA) is 171 Å². The zero-order valence-corrected chi connectivity index (χ0v) is 23.5. The maximum absolute atomic E-state index is 11.5. The molecule has 5 saturated heterocycles. The van der Waals surface area contributed by atoms with Crippen molar-refractivity contribution in [2.75, 3.05) is 27.4 Å². The highest BCUT2D eigenvalue weighted by Crippen LogP contribution is 2.46. The summed E-state index contributed by atoms with van der Waals surface area (Å²) < 4.78 is 66.4. The lowest BCUT2D eigenvalue weighted by molar-refractivity contribution is -0.479. The molecule has 5 aliphatic rings. The third-order valence-electron chi connectivity index (χ3n) is 7.98. The lowest BCUT2D eigenvalue weighted by Crippen LogP contribution is -2.73. The van der Waals surface area contributed by atoms with Gasteiger partial charge in [-0.15, -0.1) is 0 Å². The van der Waals surface area contributed by atoms with E-state index in [4.69, 9.17) is 57.6 Å². The molecule has 39 heavy (non-hydrogen) atoms. The van der Waals surface area contributed by atoms with Crippen LogP contribution in [0.1, 0.15) is 41.5 Å². The minimum atomic E-state index is -1.40. The number of aliphatic hydroxyl groups is 1. The molecule has 0 saturated carbocycles. The second kappa shape index (κ2) is 10.3. The number of aliphatic hydroxyl groups excluding tert-OH is 1. The average molecular weight is 562 g/mol. The molecule has 222 valence electrons. The highest BCUT2D eigenvalue weighted by atomic mass is 16.9. The zero-order chi connectivity index (χ0) is 28.4. The Morgan fingerprint density at radius 2 is 1.51 bits per heavy atom. The molecule has 12 atom stereocenters. The van der Waals surface area contributed by atoms with Gasteiger partial charge < -0.3 is 57.2 Å². The summed E-state index contributed by atoms with van der Waals surface area (Å²) in [6, 6.07) is 0. The maximum Gasteiger partial charge on any atom is 0.220 e. The molecule has 0 unspecified atom stereocenters. The summed E-state index contributed by atoms with van der Waals surface area (Å²) >= 11 is 0. The lowest BCUT2D eigenvalue weighted by Gasteiger charge is -2.56. The van der Waals surface area contributed by atoms with E-state index < -0.39 is 84.6 Å². The average Bonchev–Trinajstić information content (AvgIpc) is 3.50. The van der Waals surface area contributed by atoms with E-state index in [2.05, 4.69) is 10.0 Å². The van der Waals surface area contributed by atoms with E-state index in [1.807, 2.05) is 13.8 Å². The highest BCUT2D eigenvalue weighted by Gasteiger charge is 2.64. The summed E-state index contributed by atoms with van der Waals surface area (Å²) in [7, 11) is 2.90. The van der Waals surface area contributed by atoms with Gasteiger partial charge in [0, 0.05) is 19.1 Å². The van der Waals surface area contributed by atoms with E-state index in [1.54, 1.807) is 27.7 Å². The van der Waals surface area contributed by atoms with Crippen LogP contribution in [0.25, 0.3) is 10.4 Å². The zero-order valence-electron chi connectivity index (χ0n) is 23.5. The van der Waals surface area contributed by atoms with Gasteiger partial charge in [0.1, 0.15) is 42.7 Å². The number of hydrogen-bond donors (Lipinski definition) is 1. The van der Waals surface area contributed by atoms with E-state index in [0.29, 0.717) is 0 Å². The number of rotatable bonds is 7. The van der Waals surface area contributed by atoms with Crippen LogP contribution in [-0.2, 0) is 52.1 Å². The Hall–Kier alpha value is -1.17. The predicted octanol–water partition coefficient (Wildman–Crippen LogP) is 1.30. The molecule has 1 N–H and O–H groups in total. The molecular formula is C24H39N3O12. The van der Waals surface area contributed by atoms with Gasteiger partial charge in [0.2, 0.25) is 11.6 Å². The first-order valence-corrected chi connectivity index (χ1v) is 13.0. The van der Waals surface area contributed by atoms with E-state index >= 15 is 0 Å². The molecule has 0 aromatic carbocycles. The second-order valence-electron chi connectivity index (χ2n) is 11.4. The van der Waals surface area contributed by atoms with Crippen molar-refractivity contribution in [3.05, 3.63) is 10.4 Å². The van der Waals surface area contributed by atoms with E-state index in [9.17, 15) is 5.11 Å². The fraction of sp³-hybridized carbons (Fsp3) is 1.00. The quantitative estimate of drug-likeness (QED) is 0.269. The van der Waals surface area contributed by atoms with Crippen molar-refractivity contribution in [3.8, 4) is 0 Å². The standard InChI is InChI=1S/C24H39N3O12/c1-21(2)31-10-12(35-21)14-17(18-20(33-14)39-22(3,4)36-18)34-19-13(28)16-15(11(32-19)9-26-27-25)37-23(5,29-7)24(6,30-8)38-16/h11-20,28H,9-10H2,1-8H3/t11-,12-,13-,14-,15-,16-,17+,18-,19-,20-,23+,24+/m1/s1. The Balaban J connectivity index is 1.42. The molecular weight excluding hydrogens is 522 g/mol. The first kappa shape index (κ1) is 29.3. The molecule has 0 radical (unpaired) electrons. The molecule has 0 aromatic rings. The molecule has 5 fully saturated rings. The summed E-state index contributed by atoms with van der Waals surface area (Å²) in [5, 5.41) is 15.2. The van der Waals surface area contributed by atoms with Crippen molar-refractivity contribution in [1.82, 2.24) is 0 Å². The molecule has 15 heteroatoms. The molecule has 0 aromatic heterocycles. The van der Waals surface area contributed by atoms with Crippen molar-refractivity contribution >= 4 is 0 Å². The maximum atomic E-state index is 11.5. The molecule has 0 spiro atoms. The first-order valence-electron chi connectivity index (χ1n) is 13.0. The van der Waals surface area contributed by atoms with Gasteiger partial charge in [-0.1, -0.05) is 5.11 Å². The van der Waals surface area contributed by atoms with Gasteiger partial charge in [0.25, 0.3) is 0 Å². The number of azide groups is 1. The van der Waals surface area contributed by atoms with Crippen LogP contribution in [0.15, 0.2) is 5.11 Å². The Labute approximate surface area is 226 Å². The van der Waals surface area contributed by atoms with Gasteiger partial charge in [-0.25, -0.2) is 0 Å². The number of fused-ring (bicyclic) bond motifs is 2. The molecule has 15 nitrogen and oxygen atoms in total. The third kappa shape index (κ3) is 5.18. The normalized spacial score (nSPS) is 50.3. The van der Waals surface area contributed by atoms with Crippen molar-refractivity contribution in [1.29, 1.82) is 0 Å². The van der Waals surface area contributed by atoms with Crippen LogP contribution < -0.4 is 0 Å². The van der Waals surface area contributed by atoms with Crippen LogP contribution in [0.3, 0.4) is 0 Å². The number of ether oxygens (including phenoxy) is 11. The van der Waals surface area contributed by atoms with Crippen LogP contribution in [-0.4, -0.2) is 117 Å². The molecule has 0 amide bonds. The largest absolute Gasteiger partial charge is 0.385 e. The molecule has 0 aliphatic carbocycles. The fourth-order valence-electron chi connectivity index (χ4n) is 5.74. The molecule has 0 bridgehead atoms. The van der Waals surface area contributed by atoms with Gasteiger partial charge in [0.05, 0.1) is 19.3 Å². The van der Waals surface area contributed by atoms with Crippen molar-refractivity contribution in [2.45, 2.75) is 126 Å². The van der Waals surface area contributed by atoms with E-state index in [-0.39, 0.29) is 13.2 Å². The Bertz CT molecular complexity index is 965. The summed E-state index contributed by atoms with van der Waals surface area (Å²) in [5.41, 5.74) is 8.99. The first-order chi connectivity index (χ1) is 18.3. The Morgan fingerprint density at radius 1 is 0.846 bits per heavy atom. The highest BCUT2D eigenvalue weighted by molar-refractivity contribution is 5.03. The fourth-order valence-corrected chi connectivity index (χ4v) is 5.74. The van der Waals surface area contributed by atoms with Crippen LogP contribution in [0.2, 0.25) is 0 Å². The minimum Gasteiger partial charge on any atom is -0.385 e. The van der Waals surface area contributed by atoms with Crippen LogP contribution in [0.4, 0.5) is 0 Å². The number of hydrogen-bond acceptors (Lipinski definition) is 13. The molecule has 5 heterocycles. The SMILES string of the molecule is CO[C@@]1(C)O[C@@H]2[C@@H](O)[C@@H](O[C@@H]3[C@H]4OC(C)(C)O[C@H]4O[C@@H]3[C@H]3COC(C)(C)O3)O[C@H](CN=[N+]=[N-])[C@H]2O[C@]1(C)OC. The monoisotopic (exact) mass is 561 g/mol. The minimum absolute atomic E-state index is 0.117. The number of methoxy groups -OCH3 is 2. The molecule has 5 rings (SSSR count). The second-order valence-corrected chi connectivity index (χ2v) is 11.4. The van der Waals surface area contributed by atoms with Gasteiger partial charge in [-0.2, -0.15) is 0 Å². The van der Waals surface area contributed by atoms with Gasteiger partial charge in [-0.05, 0) is 47.1 Å². The number of nitrogens with zero attached hydrogens (tertiary/aromatic N) is 3. The smallest absolute Gasteiger partial charge is 0.220 e. The van der Waals surface area contributed by atoms with Crippen LogP contribution in [0, 0.1) is 0 Å². The van der Waals surface area contributed by atoms with Crippen molar-refractivity contribution in [3.63, 3.8) is 0 Å². The van der Waals surface area contributed by atoms with Gasteiger partial charge >= 0.3 is 0 Å². The Morgan fingerprint density at radius 3 is 2.10 bits per heavy atom. The van der Waals surface area contributed by atoms with Crippen LogP contribution >= 0.6 is 0 Å². The summed E-state index contributed by atoms with van der Waals surface area (Å²) in [4.78, 5) is 2.86. The lowest BCUT2D eigenvalue weighted by atomic mass is 9.93. The summed E-state index contributed by atoms with van der Waals surface area (Å²) in [5.74, 6) is -4.48. The predicted molar refractivity (Wildman–Crippen MR) is 128 cm³/mol. The van der Waals surface area contributed by atoms with Gasteiger partial charge in [0.15, 0.2) is 24.2 Å². The van der Waals surface area contributed by atoms with Gasteiger partial charge in [-0.3, -0.25) is 0 Å². The summed E-state index contributed by atoms with van der Waals surface area (Å²) in [6.45, 7) is 10.6. The van der Waals surface area contributed by atoms with Crippen LogP contribution in [0.5, 0.6) is 0 Å². The van der Waals surface area contributed by atoms with Crippen molar-refractivity contribution < 1.29 is 57.2 Å². The van der Waals surface area contributed by atoms with E-state index in [1.165, 1.54) is 14.2 Å².